The number of carbonyl (C=O) groups is 1. The summed E-state index contributed by atoms with van der Waals surface area (Å²) in [6.07, 6.45) is 1.14. The molecule has 0 atom stereocenters. The van der Waals surface area contributed by atoms with Crippen molar-refractivity contribution in [2.24, 2.45) is 0 Å². The lowest BCUT2D eigenvalue weighted by molar-refractivity contribution is -0.385. The smallest absolute Gasteiger partial charge is 0.290 e. The van der Waals surface area contributed by atoms with Crippen molar-refractivity contribution in [3.63, 3.8) is 0 Å². The van der Waals surface area contributed by atoms with E-state index in [0.717, 1.165) is 6.20 Å². The standard InChI is InChI=1S/C15H15N3O5/c1-10-8-14(17-9-13(10)18(21)22)23-12-4-2-11(3-5-12)15(20)16-6-7-19/h2-5,8-9,19H,6-7H2,1H3,(H,16,20). The van der Waals surface area contributed by atoms with E-state index in [9.17, 15) is 14.9 Å². The van der Waals surface area contributed by atoms with Crippen LogP contribution in [0, 0.1) is 17.0 Å². The fourth-order valence-corrected chi connectivity index (χ4v) is 1.84. The van der Waals surface area contributed by atoms with Crippen LogP contribution in [0.25, 0.3) is 0 Å². The van der Waals surface area contributed by atoms with Crippen molar-refractivity contribution in [3.05, 3.63) is 57.8 Å². The molecule has 1 heterocycles. The average Bonchev–Trinajstić information content (AvgIpc) is 2.53. The van der Waals surface area contributed by atoms with Crippen LogP contribution in [0.1, 0.15) is 15.9 Å². The number of aliphatic hydroxyl groups is 1. The van der Waals surface area contributed by atoms with Gasteiger partial charge in [0, 0.05) is 23.7 Å². The molecule has 2 rings (SSSR count). The molecule has 1 aromatic carbocycles. The van der Waals surface area contributed by atoms with Gasteiger partial charge in [-0.15, -0.1) is 0 Å². The summed E-state index contributed by atoms with van der Waals surface area (Å²) >= 11 is 0. The second-order valence-electron chi connectivity index (χ2n) is 4.67. The molecule has 2 aromatic rings. The van der Waals surface area contributed by atoms with Crippen LogP contribution in [0.2, 0.25) is 0 Å². The van der Waals surface area contributed by atoms with Gasteiger partial charge in [-0.25, -0.2) is 4.98 Å². The lowest BCUT2D eigenvalue weighted by Crippen LogP contribution is -2.26. The number of pyridine rings is 1. The molecule has 1 aromatic heterocycles. The maximum atomic E-state index is 11.7. The highest BCUT2D eigenvalue weighted by Crippen LogP contribution is 2.24. The molecule has 0 aliphatic rings. The molecule has 8 heteroatoms. The van der Waals surface area contributed by atoms with Gasteiger partial charge >= 0.3 is 0 Å². The van der Waals surface area contributed by atoms with E-state index >= 15 is 0 Å². The molecule has 0 saturated carbocycles. The minimum Gasteiger partial charge on any atom is -0.439 e. The van der Waals surface area contributed by atoms with Crippen molar-refractivity contribution in [3.8, 4) is 11.6 Å². The first-order valence-electron chi connectivity index (χ1n) is 6.79. The highest BCUT2D eigenvalue weighted by atomic mass is 16.6. The van der Waals surface area contributed by atoms with E-state index in [-0.39, 0.29) is 30.6 Å². The second-order valence-corrected chi connectivity index (χ2v) is 4.67. The molecule has 0 fully saturated rings. The lowest BCUT2D eigenvalue weighted by Gasteiger charge is -2.07. The molecule has 0 bridgehead atoms. The minimum atomic E-state index is -0.508. The first-order chi connectivity index (χ1) is 11.0. The van der Waals surface area contributed by atoms with Gasteiger partial charge in [0.1, 0.15) is 11.9 Å². The third-order valence-corrected chi connectivity index (χ3v) is 2.99. The Bertz CT molecular complexity index is 716. The van der Waals surface area contributed by atoms with Crippen molar-refractivity contribution < 1.29 is 19.6 Å². The van der Waals surface area contributed by atoms with Gasteiger partial charge in [-0.2, -0.15) is 0 Å². The maximum absolute atomic E-state index is 11.7. The number of aromatic nitrogens is 1. The van der Waals surface area contributed by atoms with Gasteiger partial charge in [-0.3, -0.25) is 14.9 Å². The number of nitrogens with one attached hydrogen (secondary N) is 1. The molecular weight excluding hydrogens is 302 g/mol. The highest BCUT2D eigenvalue weighted by Gasteiger charge is 2.12. The Morgan fingerprint density at radius 1 is 1.39 bits per heavy atom. The van der Waals surface area contributed by atoms with Gasteiger partial charge in [-0.1, -0.05) is 0 Å². The fraction of sp³-hybridized carbons (Fsp3) is 0.200. The summed E-state index contributed by atoms with van der Waals surface area (Å²) < 4.78 is 5.50. The Hall–Kier alpha value is -3.00. The van der Waals surface area contributed by atoms with E-state index in [1.807, 2.05) is 0 Å². The molecule has 120 valence electrons. The van der Waals surface area contributed by atoms with E-state index in [1.165, 1.54) is 6.07 Å². The summed E-state index contributed by atoms with van der Waals surface area (Å²) in [6, 6.07) is 7.79. The van der Waals surface area contributed by atoms with Gasteiger partial charge in [0.25, 0.3) is 11.6 Å². The van der Waals surface area contributed by atoms with E-state index < -0.39 is 4.92 Å². The van der Waals surface area contributed by atoms with E-state index in [0.29, 0.717) is 16.9 Å². The molecule has 0 radical (unpaired) electrons. The molecule has 8 nitrogen and oxygen atoms in total. The Labute approximate surface area is 131 Å². The number of rotatable bonds is 6. The number of amides is 1. The second kappa shape index (κ2) is 7.32. The maximum Gasteiger partial charge on any atom is 0.290 e. The largest absolute Gasteiger partial charge is 0.439 e. The predicted octanol–water partition coefficient (Wildman–Crippen LogP) is 1.81. The third kappa shape index (κ3) is 4.24. The number of hydrogen-bond acceptors (Lipinski definition) is 6. The number of nitro groups is 1. The number of benzene rings is 1. The van der Waals surface area contributed by atoms with E-state index in [4.69, 9.17) is 9.84 Å². The van der Waals surface area contributed by atoms with Crippen molar-refractivity contribution in [1.29, 1.82) is 0 Å². The van der Waals surface area contributed by atoms with Gasteiger partial charge < -0.3 is 15.2 Å². The summed E-state index contributed by atoms with van der Waals surface area (Å²) in [4.78, 5) is 25.8. The van der Waals surface area contributed by atoms with Crippen molar-refractivity contribution in [1.82, 2.24) is 10.3 Å². The molecule has 0 spiro atoms. The van der Waals surface area contributed by atoms with Gasteiger partial charge in [0.2, 0.25) is 5.88 Å². The molecule has 23 heavy (non-hydrogen) atoms. The zero-order chi connectivity index (χ0) is 16.8. The van der Waals surface area contributed by atoms with Gasteiger partial charge in [-0.05, 0) is 31.2 Å². The lowest BCUT2D eigenvalue weighted by atomic mass is 10.2. The van der Waals surface area contributed by atoms with Crippen LogP contribution in [0.5, 0.6) is 11.6 Å². The number of ether oxygens (including phenoxy) is 1. The van der Waals surface area contributed by atoms with Gasteiger partial charge in [0.05, 0.1) is 11.5 Å². The monoisotopic (exact) mass is 317 g/mol. The SMILES string of the molecule is Cc1cc(Oc2ccc(C(=O)NCCO)cc2)ncc1[N+](=O)[O-]. The number of nitrogens with zero attached hydrogens (tertiary/aromatic N) is 2. The van der Waals surface area contributed by atoms with E-state index in [2.05, 4.69) is 10.3 Å². The van der Waals surface area contributed by atoms with Crippen LogP contribution in [-0.2, 0) is 0 Å². The summed E-state index contributed by atoms with van der Waals surface area (Å²) in [5, 5.41) is 21.9. The Morgan fingerprint density at radius 3 is 2.65 bits per heavy atom. The highest BCUT2D eigenvalue weighted by molar-refractivity contribution is 5.94. The zero-order valence-corrected chi connectivity index (χ0v) is 12.4. The third-order valence-electron chi connectivity index (χ3n) is 2.99. The van der Waals surface area contributed by atoms with Crippen LogP contribution < -0.4 is 10.1 Å². The Balaban J connectivity index is 2.08. The van der Waals surface area contributed by atoms with Crippen molar-refractivity contribution in [2.75, 3.05) is 13.2 Å². The van der Waals surface area contributed by atoms with Crippen molar-refractivity contribution >= 4 is 11.6 Å². The molecule has 0 aliphatic carbocycles. The van der Waals surface area contributed by atoms with E-state index in [1.54, 1.807) is 31.2 Å². The summed E-state index contributed by atoms with van der Waals surface area (Å²) in [7, 11) is 0. The van der Waals surface area contributed by atoms with Gasteiger partial charge in [0.15, 0.2) is 0 Å². The normalized spacial score (nSPS) is 10.2. The molecule has 0 aliphatic heterocycles. The quantitative estimate of drug-likeness (QED) is 0.620. The summed E-state index contributed by atoms with van der Waals surface area (Å²) in [5.41, 5.74) is 0.798. The van der Waals surface area contributed by atoms with Crippen molar-refractivity contribution in [2.45, 2.75) is 6.92 Å². The summed E-state index contributed by atoms with van der Waals surface area (Å²) in [5.74, 6) is 0.380. The predicted molar refractivity (Wildman–Crippen MR) is 81.6 cm³/mol. The molecule has 1 amide bonds. The topological polar surface area (TPSA) is 115 Å². The number of carbonyl (C=O) groups excluding carboxylic acids is 1. The molecule has 0 saturated heterocycles. The zero-order valence-electron chi connectivity index (χ0n) is 12.4. The first-order valence-corrected chi connectivity index (χ1v) is 6.79. The number of hydrogen-bond donors (Lipinski definition) is 2. The van der Waals surface area contributed by atoms with Crippen LogP contribution in [0.15, 0.2) is 36.5 Å². The Morgan fingerprint density at radius 2 is 2.09 bits per heavy atom. The Kier molecular flexibility index (Phi) is 5.21. The summed E-state index contributed by atoms with van der Waals surface area (Å²) in [6.45, 7) is 1.66. The number of aliphatic hydroxyl groups excluding tert-OH is 1. The molecule has 2 N–H and O–H groups in total. The van der Waals surface area contributed by atoms with Crippen LogP contribution >= 0.6 is 0 Å². The van der Waals surface area contributed by atoms with Crippen LogP contribution in [0.4, 0.5) is 5.69 Å². The number of aryl methyl sites for hydroxylation is 1. The van der Waals surface area contributed by atoms with Crippen LogP contribution in [0.3, 0.4) is 0 Å². The average molecular weight is 317 g/mol. The molecular formula is C15H15N3O5. The minimum absolute atomic E-state index is 0.0757. The first kappa shape index (κ1) is 16.4. The molecule has 0 unspecified atom stereocenters. The van der Waals surface area contributed by atoms with Crippen LogP contribution in [-0.4, -0.2) is 34.1 Å². The fourth-order valence-electron chi connectivity index (χ4n) is 1.84.